The van der Waals surface area contributed by atoms with E-state index in [1.807, 2.05) is 12.1 Å². The molecule has 0 atom stereocenters. The summed E-state index contributed by atoms with van der Waals surface area (Å²) in [4.78, 5) is 10.8. The van der Waals surface area contributed by atoms with Crippen molar-refractivity contribution in [3.8, 4) is 5.75 Å². The van der Waals surface area contributed by atoms with Crippen molar-refractivity contribution in [1.29, 1.82) is 0 Å². The normalized spacial score (nSPS) is 13.9. The number of esters is 1. The molecule has 1 aliphatic carbocycles. The predicted molar refractivity (Wildman–Crippen MR) is 49.8 cm³/mol. The van der Waals surface area contributed by atoms with E-state index < -0.39 is 0 Å². The van der Waals surface area contributed by atoms with Crippen LogP contribution in [0.4, 0.5) is 0 Å². The smallest absolute Gasteiger partial charge is 0.308 e. The molecule has 1 aromatic rings. The lowest BCUT2D eigenvalue weighted by Crippen LogP contribution is -2.03. The topological polar surface area (TPSA) is 26.3 Å². The Balaban J connectivity index is 2.36. The molecule has 0 aromatic heterocycles. The van der Waals surface area contributed by atoms with Crippen molar-refractivity contribution in [1.82, 2.24) is 0 Å². The van der Waals surface area contributed by atoms with E-state index in [1.165, 1.54) is 24.5 Å². The zero-order chi connectivity index (χ0) is 9.26. The lowest BCUT2D eigenvalue weighted by atomic mass is 10.1. The van der Waals surface area contributed by atoms with Crippen LogP contribution in [-0.4, -0.2) is 5.97 Å². The molecule has 13 heavy (non-hydrogen) atoms. The number of fused-ring (bicyclic) bond motifs is 1. The summed E-state index contributed by atoms with van der Waals surface area (Å²) in [7, 11) is 0. The van der Waals surface area contributed by atoms with E-state index in [-0.39, 0.29) is 5.97 Å². The van der Waals surface area contributed by atoms with E-state index in [0.29, 0.717) is 0 Å². The SMILES string of the molecule is CC(=O)Oc1cccc2c1CCC2. The summed E-state index contributed by atoms with van der Waals surface area (Å²) in [5.74, 6) is 0.516. The number of carbonyl (C=O) groups is 1. The number of aryl methyl sites for hydroxylation is 1. The van der Waals surface area contributed by atoms with Gasteiger partial charge in [-0.05, 0) is 36.5 Å². The fourth-order valence-electron chi connectivity index (χ4n) is 1.84. The Bertz CT molecular complexity index is 342. The lowest BCUT2D eigenvalue weighted by molar-refractivity contribution is -0.131. The first-order chi connectivity index (χ1) is 6.27. The number of carbonyl (C=O) groups excluding carboxylic acids is 1. The Morgan fingerprint density at radius 1 is 1.38 bits per heavy atom. The molecule has 2 rings (SSSR count). The molecule has 0 aliphatic heterocycles. The van der Waals surface area contributed by atoms with Crippen LogP contribution in [0.15, 0.2) is 18.2 Å². The van der Waals surface area contributed by atoms with Gasteiger partial charge in [0.25, 0.3) is 0 Å². The Morgan fingerprint density at radius 3 is 3.00 bits per heavy atom. The van der Waals surface area contributed by atoms with Crippen molar-refractivity contribution in [3.05, 3.63) is 29.3 Å². The van der Waals surface area contributed by atoms with Gasteiger partial charge in [0.05, 0.1) is 0 Å². The van der Waals surface area contributed by atoms with Crippen molar-refractivity contribution in [2.45, 2.75) is 26.2 Å². The van der Waals surface area contributed by atoms with Gasteiger partial charge < -0.3 is 4.74 Å². The summed E-state index contributed by atoms with van der Waals surface area (Å²) in [6.07, 6.45) is 3.33. The second-order valence-electron chi connectivity index (χ2n) is 3.34. The number of rotatable bonds is 1. The van der Waals surface area contributed by atoms with Crippen LogP contribution < -0.4 is 4.74 Å². The van der Waals surface area contributed by atoms with Crippen LogP contribution in [0.5, 0.6) is 5.75 Å². The summed E-state index contributed by atoms with van der Waals surface area (Å²) >= 11 is 0. The fourth-order valence-corrected chi connectivity index (χ4v) is 1.84. The molecule has 0 spiro atoms. The van der Waals surface area contributed by atoms with Gasteiger partial charge in [0, 0.05) is 6.92 Å². The number of hydrogen-bond acceptors (Lipinski definition) is 2. The molecule has 2 heteroatoms. The first-order valence-electron chi connectivity index (χ1n) is 4.56. The van der Waals surface area contributed by atoms with Crippen molar-refractivity contribution >= 4 is 5.97 Å². The number of benzene rings is 1. The van der Waals surface area contributed by atoms with E-state index >= 15 is 0 Å². The van der Waals surface area contributed by atoms with E-state index in [0.717, 1.165) is 18.6 Å². The summed E-state index contributed by atoms with van der Waals surface area (Å²) in [6.45, 7) is 1.44. The Kier molecular flexibility index (Phi) is 2.05. The van der Waals surface area contributed by atoms with Crippen molar-refractivity contribution in [2.75, 3.05) is 0 Å². The van der Waals surface area contributed by atoms with Crippen LogP contribution in [0.1, 0.15) is 24.5 Å². The molecular formula is C11H12O2. The Hall–Kier alpha value is -1.31. The molecule has 0 N–H and O–H groups in total. The highest BCUT2D eigenvalue weighted by atomic mass is 16.5. The summed E-state index contributed by atoms with van der Waals surface area (Å²) in [6, 6.07) is 5.92. The molecule has 1 aromatic carbocycles. The second kappa shape index (κ2) is 3.21. The molecule has 1 aliphatic rings. The molecule has 0 amide bonds. The van der Waals surface area contributed by atoms with Gasteiger partial charge in [0.15, 0.2) is 0 Å². The highest BCUT2D eigenvalue weighted by Gasteiger charge is 2.15. The molecule has 0 radical (unpaired) electrons. The van der Waals surface area contributed by atoms with Gasteiger partial charge in [-0.1, -0.05) is 12.1 Å². The van der Waals surface area contributed by atoms with Gasteiger partial charge >= 0.3 is 5.97 Å². The molecular weight excluding hydrogens is 164 g/mol. The van der Waals surface area contributed by atoms with Crippen molar-refractivity contribution < 1.29 is 9.53 Å². The summed E-state index contributed by atoms with van der Waals surface area (Å²) < 4.78 is 5.12. The molecule has 0 saturated heterocycles. The van der Waals surface area contributed by atoms with E-state index in [2.05, 4.69) is 6.07 Å². The van der Waals surface area contributed by atoms with Crippen LogP contribution in [0.2, 0.25) is 0 Å². The van der Waals surface area contributed by atoms with Crippen LogP contribution >= 0.6 is 0 Å². The molecule has 0 fully saturated rings. The molecule has 2 nitrogen and oxygen atoms in total. The predicted octanol–water partition coefficient (Wildman–Crippen LogP) is 2.10. The third-order valence-electron chi connectivity index (χ3n) is 2.36. The zero-order valence-electron chi connectivity index (χ0n) is 7.67. The standard InChI is InChI=1S/C11H12O2/c1-8(12)13-11-7-3-5-9-4-2-6-10(9)11/h3,5,7H,2,4,6H2,1H3. The van der Waals surface area contributed by atoms with Crippen LogP contribution in [-0.2, 0) is 17.6 Å². The van der Waals surface area contributed by atoms with Gasteiger partial charge in [0.1, 0.15) is 5.75 Å². The lowest BCUT2D eigenvalue weighted by Gasteiger charge is -2.06. The van der Waals surface area contributed by atoms with E-state index in [4.69, 9.17) is 4.74 Å². The van der Waals surface area contributed by atoms with Gasteiger partial charge in [-0.3, -0.25) is 4.79 Å². The average molecular weight is 176 g/mol. The molecule has 0 bridgehead atoms. The van der Waals surface area contributed by atoms with Gasteiger partial charge in [0.2, 0.25) is 0 Å². The van der Waals surface area contributed by atoms with Crippen molar-refractivity contribution in [3.63, 3.8) is 0 Å². The minimum absolute atomic E-state index is 0.236. The fraction of sp³-hybridized carbons (Fsp3) is 0.364. The van der Waals surface area contributed by atoms with Crippen LogP contribution in [0.25, 0.3) is 0 Å². The number of ether oxygens (including phenoxy) is 1. The first-order valence-corrected chi connectivity index (χ1v) is 4.56. The molecule has 68 valence electrons. The molecule has 0 unspecified atom stereocenters. The van der Waals surface area contributed by atoms with Crippen molar-refractivity contribution in [2.24, 2.45) is 0 Å². The maximum absolute atomic E-state index is 10.8. The highest BCUT2D eigenvalue weighted by molar-refractivity contribution is 5.70. The summed E-state index contributed by atoms with van der Waals surface area (Å²) in [5, 5.41) is 0. The monoisotopic (exact) mass is 176 g/mol. The van der Waals surface area contributed by atoms with Gasteiger partial charge in [-0.25, -0.2) is 0 Å². The van der Waals surface area contributed by atoms with Crippen LogP contribution in [0.3, 0.4) is 0 Å². The maximum atomic E-state index is 10.8. The largest absolute Gasteiger partial charge is 0.426 e. The summed E-state index contributed by atoms with van der Waals surface area (Å²) in [5.41, 5.74) is 2.55. The Labute approximate surface area is 77.5 Å². The van der Waals surface area contributed by atoms with Crippen LogP contribution in [0, 0.1) is 0 Å². The second-order valence-corrected chi connectivity index (χ2v) is 3.34. The third-order valence-corrected chi connectivity index (χ3v) is 2.36. The third kappa shape index (κ3) is 1.57. The van der Waals surface area contributed by atoms with Gasteiger partial charge in [-0.2, -0.15) is 0 Å². The molecule has 0 heterocycles. The number of hydrogen-bond donors (Lipinski definition) is 0. The minimum atomic E-state index is -0.236. The first kappa shape index (κ1) is 8.30. The Morgan fingerprint density at radius 2 is 2.23 bits per heavy atom. The molecule has 0 saturated carbocycles. The van der Waals surface area contributed by atoms with E-state index in [1.54, 1.807) is 0 Å². The highest BCUT2D eigenvalue weighted by Crippen LogP contribution is 2.30. The quantitative estimate of drug-likeness (QED) is 0.484. The maximum Gasteiger partial charge on any atom is 0.308 e. The minimum Gasteiger partial charge on any atom is -0.426 e. The average Bonchev–Trinajstić information content (AvgIpc) is 2.51. The van der Waals surface area contributed by atoms with E-state index in [9.17, 15) is 4.79 Å². The van der Waals surface area contributed by atoms with Gasteiger partial charge in [-0.15, -0.1) is 0 Å². The zero-order valence-corrected chi connectivity index (χ0v) is 7.67.